The molecule has 1 radical (unpaired) electrons. The molecule has 1 aromatic carbocycles. The molecule has 1 aliphatic carbocycles. The lowest BCUT2D eigenvalue weighted by Gasteiger charge is -2.24. The quantitative estimate of drug-likeness (QED) is 0.549. The van der Waals surface area contributed by atoms with Crippen molar-refractivity contribution in [3.63, 3.8) is 0 Å². The predicted molar refractivity (Wildman–Crippen MR) is 122 cm³/mol. The second-order valence-corrected chi connectivity index (χ2v) is 8.50. The Balaban J connectivity index is 1.40. The standard InChI is InChI=1S/C23H30N7O/c1-31-19-13-16(15-9-11-24-12-10-15)7-8-18(19)28-23-29-21-20(25-14-26-21)22(30-23)27-17-5-3-2-4-6-17/h7-8,13-15,17H,2-6,9-12H2,1H3,(H3,25,26,27,28,29,30). The number of rotatable bonds is 6. The first kappa shape index (κ1) is 20.1. The van der Waals surface area contributed by atoms with Crippen molar-refractivity contribution in [1.29, 1.82) is 0 Å². The molecule has 31 heavy (non-hydrogen) atoms. The van der Waals surface area contributed by atoms with Gasteiger partial charge in [0.2, 0.25) is 5.95 Å². The number of methoxy groups -OCH3 is 1. The van der Waals surface area contributed by atoms with E-state index in [1.807, 2.05) is 0 Å². The molecule has 2 fully saturated rings. The average molecular weight is 421 g/mol. The lowest BCUT2D eigenvalue weighted by atomic mass is 9.90. The molecule has 1 saturated heterocycles. The van der Waals surface area contributed by atoms with E-state index < -0.39 is 0 Å². The van der Waals surface area contributed by atoms with E-state index in [-0.39, 0.29) is 0 Å². The number of hydrogen-bond donors (Lipinski definition) is 3. The number of aromatic amines is 1. The van der Waals surface area contributed by atoms with Crippen LogP contribution >= 0.6 is 0 Å². The Morgan fingerprint density at radius 3 is 2.68 bits per heavy atom. The summed E-state index contributed by atoms with van der Waals surface area (Å²) in [5.41, 5.74) is 3.66. The van der Waals surface area contributed by atoms with E-state index in [4.69, 9.17) is 9.72 Å². The summed E-state index contributed by atoms with van der Waals surface area (Å²) in [4.78, 5) is 16.9. The van der Waals surface area contributed by atoms with Crippen LogP contribution in [0.2, 0.25) is 0 Å². The van der Waals surface area contributed by atoms with Crippen molar-refractivity contribution >= 4 is 28.6 Å². The van der Waals surface area contributed by atoms with Gasteiger partial charge in [0.1, 0.15) is 11.3 Å². The van der Waals surface area contributed by atoms with Crippen molar-refractivity contribution in [3.05, 3.63) is 30.1 Å². The zero-order valence-electron chi connectivity index (χ0n) is 18.0. The van der Waals surface area contributed by atoms with Crippen LogP contribution in [0, 0.1) is 0 Å². The molecule has 1 saturated carbocycles. The highest BCUT2D eigenvalue weighted by atomic mass is 16.5. The first-order chi connectivity index (χ1) is 15.3. The first-order valence-electron chi connectivity index (χ1n) is 11.4. The number of ether oxygens (including phenoxy) is 1. The third kappa shape index (κ3) is 4.44. The second kappa shape index (κ2) is 9.09. The van der Waals surface area contributed by atoms with Crippen LogP contribution in [0.5, 0.6) is 5.75 Å². The van der Waals surface area contributed by atoms with Crippen LogP contribution in [0.15, 0.2) is 24.5 Å². The van der Waals surface area contributed by atoms with Crippen LogP contribution in [0.1, 0.15) is 56.4 Å². The lowest BCUT2D eigenvalue weighted by Crippen LogP contribution is -2.23. The molecule has 5 rings (SSSR count). The summed E-state index contributed by atoms with van der Waals surface area (Å²) >= 11 is 0. The maximum atomic E-state index is 5.70. The van der Waals surface area contributed by atoms with Gasteiger partial charge in [-0.3, -0.25) is 0 Å². The van der Waals surface area contributed by atoms with E-state index in [9.17, 15) is 0 Å². The molecule has 163 valence electrons. The minimum atomic E-state index is 0.437. The molecule has 0 unspecified atom stereocenters. The van der Waals surface area contributed by atoms with Gasteiger partial charge in [0.15, 0.2) is 11.5 Å². The molecular weight excluding hydrogens is 390 g/mol. The first-order valence-corrected chi connectivity index (χ1v) is 11.4. The smallest absolute Gasteiger partial charge is 0.231 e. The summed E-state index contributed by atoms with van der Waals surface area (Å²) in [6.07, 6.45) is 10.0. The Morgan fingerprint density at radius 2 is 1.87 bits per heavy atom. The number of fused-ring (bicyclic) bond motifs is 1. The minimum absolute atomic E-state index is 0.437. The molecule has 0 bridgehead atoms. The summed E-state index contributed by atoms with van der Waals surface area (Å²) in [7, 11) is 1.70. The fourth-order valence-electron chi connectivity index (χ4n) is 4.70. The number of H-pyrrole nitrogens is 1. The van der Waals surface area contributed by atoms with Gasteiger partial charge in [-0.2, -0.15) is 9.97 Å². The average Bonchev–Trinajstić information content (AvgIpc) is 3.30. The minimum Gasteiger partial charge on any atom is -0.495 e. The number of anilines is 3. The molecule has 1 aliphatic heterocycles. The van der Waals surface area contributed by atoms with Crippen LogP contribution in [0.3, 0.4) is 0 Å². The van der Waals surface area contributed by atoms with Gasteiger partial charge in [0.05, 0.1) is 19.1 Å². The molecule has 0 spiro atoms. The van der Waals surface area contributed by atoms with Gasteiger partial charge >= 0.3 is 0 Å². The van der Waals surface area contributed by atoms with Crippen molar-refractivity contribution in [3.8, 4) is 5.75 Å². The van der Waals surface area contributed by atoms with Gasteiger partial charge < -0.3 is 20.4 Å². The summed E-state index contributed by atoms with van der Waals surface area (Å²) in [5.74, 6) is 2.65. The van der Waals surface area contributed by atoms with E-state index in [1.54, 1.807) is 13.4 Å². The van der Waals surface area contributed by atoms with E-state index in [0.29, 0.717) is 17.9 Å². The molecule has 8 heteroatoms. The molecule has 8 nitrogen and oxygen atoms in total. The monoisotopic (exact) mass is 420 g/mol. The molecule has 3 aromatic rings. The number of aromatic nitrogens is 4. The molecule has 2 aliphatic rings. The fourth-order valence-corrected chi connectivity index (χ4v) is 4.70. The van der Waals surface area contributed by atoms with Gasteiger partial charge in [-0.05, 0) is 49.3 Å². The van der Waals surface area contributed by atoms with Crippen molar-refractivity contribution in [2.75, 3.05) is 30.8 Å². The highest BCUT2D eigenvalue weighted by Crippen LogP contribution is 2.34. The van der Waals surface area contributed by atoms with Gasteiger partial charge in [-0.25, -0.2) is 10.3 Å². The number of hydrogen-bond acceptors (Lipinski definition) is 6. The summed E-state index contributed by atoms with van der Waals surface area (Å²) in [5, 5.41) is 11.4. The zero-order chi connectivity index (χ0) is 21.0. The van der Waals surface area contributed by atoms with Gasteiger partial charge in [0, 0.05) is 19.1 Å². The molecule has 2 aromatic heterocycles. The maximum absolute atomic E-state index is 5.70. The Morgan fingerprint density at radius 1 is 1.03 bits per heavy atom. The lowest BCUT2D eigenvalue weighted by molar-refractivity contribution is 0.412. The molecule has 0 atom stereocenters. The Kier molecular flexibility index (Phi) is 5.88. The SMILES string of the molecule is COc1cc(C2CC[N]CC2)ccc1Nc1nc(NC2CCCCC2)c2nc[nH]c2n1. The summed E-state index contributed by atoms with van der Waals surface area (Å²) in [6.45, 7) is 1.89. The molecular formula is C23H30N7O. The third-order valence-corrected chi connectivity index (χ3v) is 6.44. The van der Waals surface area contributed by atoms with Crippen LogP contribution in [-0.2, 0) is 0 Å². The van der Waals surface area contributed by atoms with Crippen LogP contribution in [0.4, 0.5) is 17.5 Å². The van der Waals surface area contributed by atoms with Crippen molar-refractivity contribution in [1.82, 2.24) is 25.3 Å². The largest absolute Gasteiger partial charge is 0.495 e. The van der Waals surface area contributed by atoms with E-state index >= 15 is 0 Å². The van der Waals surface area contributed by atoms with Gasteiger partial charge in [0.25, 0.3) is 0 Å². The maximum Gasteiger partial charge on any atom is 0.231 e. The van der Waals surface area contributed by atoms with Crippen molar-refractivity contribution in [2.45, 2.75) is 56.9 Å². The molecule has 3 heterocycles. The number of nitrogens with zero attached hydrogens (tertiary/aromatic N) is 4. The number of imidazole rings is 1. The number of benzene rings is 1. The van der Waals surface area contributed by atoms with Crippen molar-refractivity contribution in [2.24, 2.45) is 0 Å². The normalized spacial score (nSPS) is 18.2. The Bertz CT molecular complexity index is 1020. The van der Waals surface area contributed by atoms with E-state index in [0.717, 1.165) is 54.3 Å². The molecule has 3 N–H and O–H groups in total. The highest BCUT2D eigenvalue weighted by molar-refractivity contribution is 5.84. The number of nitrogens with one attached hydrogen (secondary N) is 3. The van der Waals surface area contributed by atoms with Gasteiger partial charge in [-0.1, -0.05) is 25.3 Å². The van der Waals surface area contributed by atoms with Crippen LogP contribution in [-0.4, -0.2) is 46.2 Å². The summed E-state index contributed by atoms with van der Waals surface area (Å²) < 4.78 is 5.70. The Labute approximate surface area is 182 Å². The van der Waals surface area contributed by atoms with Gasteiger partial charge in [-0.15, -0.1) is 0 Å². The van der Waals surface area contributed by atoms with E-state index in [1.165, 1.54) is 37.7 Å². The summed E-state index contributed by atoms with van der Waals surface area (Å²) in [6, 6.07) is 6.81. The third-order valence-electron chi connectivity index (χ3n) is 6.44. The van der Waals surface area contributed by atoms with E-state index in [2.05, 4.69) is 49.1 Å². The molecule has 0 amide bonds. The van der Waals surface area contributed by atoms with Crippen molar-refractivity contribution < 1.29 is 4.74 Å². The topological polar surface area (TPSA) is 102 Å². The predicted octanol–water partition coefficient (Wildman–Crippen LogP) is 4.33. The fraction of sp³-hybridized carbons (Fsp3) is 0.522. The van der Waals surface area contributed by atoms with Crippen LogP contribution in [0.25, 0.3) is 11.2 Å². The number of piperidine rings is 1. The second-order valence-electron chi connectivity index (χ2n) is 8.50. The highest BCUT2D eigenvalue weighted by Gasteiger charge is 2.20. The van der Waals surface area contributed by atoms with Crippen LogP contribution < -0.4 is 20.7 Å². The zero-order valence-corrected chi connectivity index (χ0v) is 18.0. The Hall–Kier alpha value is -2.87.